The molecule has 0 unspecified atom stereocenters. The van der Waals surface area contributed by atoms with Crippen molar-refractivity contribution < 1.29 is 9.52 Å². The zero-order valence-electron chi connectivity index (χ0n) is 9.86. The van der Waals surface area contributed by atoms with Crippen LogP contribution in [0.25, 0.3) is 11.0 Å². The molecule has 0 saturated heterocycles. The van der Waals surface area contributed by atoms with E-state index in [0.29, 0.717) is 5.58 Å². The molecule has 17 heavy (non-hydrogen) atoms. The smallest absolute Gasteiger partial charge is 0.336 e. The molecule has 0 bridgehead atoms. The van der Waals surface area contributed by atoms with Crippen molar-refractivity contribution in [3.05, 3.63) is 52.9 Å². The van der Waals surface area contributed by atoms with Gasteiger partial charge in [0.1, 0.15) is 11.3 Å². The Bertz CT molecular complexity index is 635. The van der Waals surface area contributed by atoms with Crippen molar-refractivity contribution in [2.45, 2.75) is 19.3 Å². The van der Waals surface area contributed by atoms with Crippen LogP contribution in [-0.4, -0.2) is 5.11 Å². The van der Waals surface area contributed by atoms with Crippen LogP contribution in [0.1, 0.15) is 19.4 Å². The van der Waals surface area contributed by atoms with E-state index in [-0.39, 0.29) is 11.2 Å². The lowest BCUT2D eigenvalue weighted by molar-refractivity contribution is 0.454. The number of fused-ring (bicyclic) bond motifs is 1. The Morgan fingerprint density at radius 2 is 2.06 bits per heavy atom. The van der Waals surface area contributed by atoms with Crippen LogP contribution in [-0.2, 0) is 5.41 Å². The van der Waals surface area contributed by atoms with Crippen LogP contribution < -0.4 is 5.63 Å². The SMILES string of the molecule is C=CC(C)(C)c1cc2ccc(=O)oc2cc1O. The van der Waals surface area contributed by atoms with Gasteiger partial charge in [0.05, 0.1) is 0 Å². The van der Waals surface area contributed by atoms with Gasteiger partial charge < -0.3 is 9.52 Å². The third-order valence-corrected chi connectivity index (χ3v) is 2.94. The lowest BCUT2D eigenvalue weighted by Crippen LogP contribution is -2.13. The monoisotopic (exact) mass is 230 g/mol. The largest absolute Gasteiger partial charge is 0.507 e. The average Bonchev–Trinajstić information content (AvgIpc) is 2.27. The van der Waals surface area contributed by atoms with E-state index in [1.54, 1.807) is 12.1 Å². The number of allylic oxidation sites excluding steroid dienone is 1. The maximum Gasteiger partial charge on any atom is 0.336 e. The number of hydrogen-bond acceptors (Lipinski definition) is 3. The summed E-state index contributed by atoms with van der Waals surface area (Å²) in [5.41, 5.74) is 0.383. The highest BCUT2D eigenvalue weighted by Crippen LogP contribution is 2.34. The molecule has 0 amide bonds. The van der Waals surface area contributed by atoms with Gasteiger partial charge in [-0.2, -0.15) is 0 Å². The molecule has 0 spiro atoms. The molecule has 1 aromatic carbocycles. The quantitative estimate of drug-likeness (QED) is 0.637. The molecule has 1 N–H and O–H groups in total. The predicted octanol–water partition coefficient (Wildman–Crippen LogP) is 2.96. The molecule has 0 aliphatic carbocycles. The highest BCUT2D eigenvalue weighted by atomic mass is 16.4. The number of benzene rings is 1. The number of aromatic hydroxyl groups is 1. The van der Waals surface area contributed by atoms with Crippen molar-refractivity contribution >= 4 is 11.0 Å². The third-order valence-electron chi connectivity index (χ3n) is 2.94. The number of hydrogen-bond donors (Lipinski definition) is 1. The second-order valence-electron chi connectivity index (χ2n) is 4.59. The van der Waals surface area contributed by atoms with E-state index in [2.05, 4.69) is 6.58 Å². The van der Waals surface area contributed by atoms with Gasteiger partial charge in [0.25, 0.3) is 0 Å². The minimum Gasteiger partial charge on any atom is -0.507 e. The van der Waals surface area contributed by atoms with Crippen molar-refractivity contribution in [3.63, 3.8) is 0 Å². The first-order valence-corrected chi connectivity index (χ1v) is 5.35. The molecule has 1 heterocycles. The fraction of sp³-hybridized carbons (Fsp3) is 0.214. The van der Waals surface area contributed by atoms with Crippen molar-refractivity contribution in [3.8, 4) is 5.75 Å². The fourth-order valence-electron chi connectivity index (χ4n) is 1.73. The second-order valence-corrected chi connectivity index (χ2v) is 4.59. The summed E-state index contributed by atoms with van der Waals surface area (Å²) in [7, 11) is 0. The summed E-state index contributed by atoms with van der Waals surface area (Å²) in [6, 6.07) is 6.33. The van der Waals surface area contributed by atoms with Gasteiger partial charge in [-0.1, -0.05) is 19.9 Å². The summed E-state index contributed by atoms with van der Waals surface area (Å²) in [5, 5.41) is 10.7. The van der Waals surface area contributed by atoms with Crippen LogP contribution in [0.4, 0.5) is 0 Å². The lowest BCUT2D eigenvalue weighted by Gasteiger charge is -2.21. The standard InChI is InChI=1S/C14H14O3/c1-4-14(2,3)10-7-9-5-6-13(16)17-12(9)8-11(10)15/h4-8,15H,1H2,2-3H3. The summed E-state index contributed by atoms with van der Waals surface area (Å²) < 4.78 is 5.00. The Balaban J connectivity index is 2.76. The van der Waals surface area contributed by atoms with Gasteiger partial charge in [-0.25, -0.2) is 4.79 Å². The maximum atomic E-state index is 11.1. The van der Waals surface area contributed by atoms with E-state index in [1.165, 1.54) is 12.1 Å². The summed E-state index contributed by atoms with van der Waals surface area (Å²) in [5.74, 6) is 0.108. The Labute approximate surface area is 99.0 Å². The minimum atomic E-state index is -0.423. The molecule has 88 valence electrons. The normalized spacial score (nSPS) is 11.6. The highest BCUT2D eigenvalue weighted by molar-refractivity contribution is 5.79. The van der Waals surface area contributed by atoms with Crippen LogP contribution in [0.15, 0.2) is 46.1 Å². The van der Waals surface area contributed by atoms with Crippen molar-refractivity contribution in [2.24, 2.45) is 0 Å². The zero-order chi connectivity index (χ0) is 12.6. The summed E-state index contributed by atoms with van der Waals surface area (Å²) >= 11 is 0. The van der Waals surface area contributed by atoms with Gasteiger partial charge in [-0.05, 0) is 12.1 Å². The van der Waals surface area contributed by atoms with Crippen molar-refractivity contribution in [1.29, 1.82) is 0 Å². The molecule has 3 nitrogen and oxygen atoms in total. The zero-order valence-corrected chi connectivity index (χ0v) is 9.86. The van der Waals surface area contributed by atoms with E-state index in [0.717, 1.165) is 10.9 Å². The van der Waals surface area contributed by atoms with Crippen LogP contribution in [0.3, 0.4) is 0 Å². The molecule has 1 aromatic heterocycles. The average molecular weight is 230 g/mol. The van der Waals surface area contributed by atoms with E-state index in [1.807, 2.05) is 19.9 Å². The molecule has 3 heteroatoms. The van der Waals surface area contributed by atoms with Crippen LogP contribution in [0.5, 0.6) is 5.75 Å². The minimum absolute atomic E-state index is 0.108. The summed E-state index contributed by atoms with van der Waals surface area (Å²) in [4.78, 5) is 11.1. The molecule has 0 saturated carbocycles. The molecule has 0 radical (unpaired) electrons. The van der Waals surface area contributed by atoms with Gasteiger partial charge in [0, 0.05) is 28.5 Å². The number of rotatable bonds is 2. The molecule has 0 fully saturated rings. The van der Waals surface area contributed by atoms with E-state index in [4.69, 9.17) is 4.42 Å². The predicted molar refractivity (Wildman–Crippen MR) is 67.4 cm³/mol. The van der Waals surface area contributed by atoms with Crippen LogP contribution in [0, 0.1) is 0 Å². The highest BCUT2D eigenvalue weighted by Gasteiger charge is 2.21. The molecule has 0 aliphatic rings. The van der Waals surface area contributed by atoms with Gasteiger partial charge >= 0.3 is 5.63 Å². The van der Waals surface area contributed by atoms with Gasteiger partial charge in [-0.15, -0.1) is 6.58 Å². The van der Waals surface area contributed by atoms with Crippen LogP contribution in [0.2, 0.25) is 0 Å². The molecule has 2 rings (SSSR count). The molecular weight excluding hydrogens is 216 g/mol. The van der Waals surface area contributed by atoms with Crippen molar-refractivity contribution in [1.82, 2.24) is 0 Å². The van der Waals surface area contributed by atoms with Gasteiger partial charge in [0.15, 0.2) is 0 Å². The summed E-state index contributed by atoms with van der Waals surface area (Å²) in [6.07, 6.45) is 1.77. The lowest BCUT2D eigenvalue weighted by atomic mass is 9.83. The molecule has 0 aliphatic heterocycles. The Kier molecular flexibility index (Phi) is 2.54. The first kappa shape index (κ1) is 11.5. The third kappa shape index (κ3) is 1.96. The van der Waals surface area contributed by atoms with E-state index in [9.17, 15) is 9.90 Å². The first-order valence-electron chi connectivity index (χ1n) is 5.35. The number of phenols is 1. The van der Waals surface area contributed by atoms with E-state index < -0.39 is 5.63 Å². The Hall–Kier alpha value is -2.03. The van der Waals surface area contributed by atoms with Gasteiger partial charge in [-0.3, -0.25) is 0 Å². The van der Waals surface area contributed by atoms with E-state index >= 15 is 0 Å². The second kappa shape index (κ2) is 3.77. The van der Waals surface area contributed by atoms with Gasteiger partial charge in [0.2, 0.25) is 0 Å². The maximum absolute atomic E-state index is 11.1. The molecule has 2 aromatic rings. The fourth-order valence-corrected chi connectivity index (χ4v) is 1.73. The Morgan fingerprint density at radius 3 is 2.71 bits per heavy atom. The Morgan fingerprint density at radius 1 is 1.35 bits per heavy atom. The van der Waals surface area contributed by atoms with Crippen molar-refractivity contribution in [2.75, 3.05) is 0 Å². The first-order chi connectivity index (χ1) is 7.94. The van der Waals surface area contributed by atoms with Crippen LogP contribution >= 0.6 is 0 Å². The molecule has 0 atom stereocenters. The topological polar surface area (TPSA) is 50.4 Å². The number of phenolic OH excluding ortho intramolecular Hbond substituents is 1. The molecular formula is C14H14O3. The summed E-state index contributed by atoms with van der Waals surface area (Å²) in [6.45, 7) is 7.68.